The van der Waals surface area contributed by atoms with Crippen molar-refractivity contribution in [3.8, 4) is 0 Å². The van der Waals surface area contributed by atoms with Crippen LogP contribution in [0.1, 0.15) is 39.0 Å². The second kappa shape index (κ2) is 4.30. The Morgan fingerprint density at radius 3 is 2.81 bits per heavy atom. The van der Waals surface area contributed by atoms with Crippen LogP contribution in [0.2, 0.25) is 0 Å². The monoisotopic (exact) mass is 222 g/mol. The molecular formula is C14H26N2. The number of hydrogen-bond donors (Lipinski definition) is 1. The van der Waals surface area contributed by atoms with E-state index in [0.717, 1.165) is 29.8 Å². The second-order valence-corrected chi connectivity index (χ2v) is 6.39. The van der Waals surface area contributed by atoms with Crippen molar-refractivity contribution >= 4 is 0 Å². The average Bonchev–Trinajstić information content (AvgIpc) is 2.90. The van der Waals surface area contributed by atoms with Gasteiger partial charge in [-0.15, -0.1) is 0 Å². The Kier molecular flexibility index (Phi) is 2.97. The Morgan fingerprint density at radius 1 is 1.25 bits per heavy atom. The number of hydrogen-bond acceptors (Lipinski definition) is 2. The lowest BCUT2D eigenvalue weighted by molar-refractivity contribution is 0.198. The molecule has 1 N–H and O–H groups in total. The van der Waals surface area contributed by atoms with Crippen molar-refractivity contribution in [1.82, 2.24) is 10.2 Å². The van der Waals surface area contributed by atoms with Gasteiger partial charge in [0.1, 0.15) is 0 Å². The van der Waals surface area contributed by atoms with E-state index in [0.29, 0.717) is 0 Å². The maximum atomic E-state index is 3.76. The standard InChI is InChI=1S/C14H26N2/c1-10(11-6-7-11)16(2)9-14-13-5-3-4-12(13)8-15-14/h10-15H,3-9H2,1-2H3. The highest BCUT2D eigenvalue weighted by atomic mass is 15.2. The summed E-state index contributed by atoms with van der Waals surface area (Å²) in [6.45, 7) is 4.98. The lowest BCUT2D eigenvalue weighted by atomic mass is 9.93. The number of nitrogens with one attached hydrogen (secondary N) is 1. The zero-order chi connectivity index (χ0) is 11.1. The van der Waals surface area contributed by atoms with Crippen LogP contribution < -0.4 is 5.32 Å². The predicted octanol–water partition coefficient (Wildman–Crippen LogP) is 2.10. The number of likely N-dealkylation sites (N-methyl/N-ethyl adjacent to an activating group) is 1. The molecule has 16 heavy (non-hydrogen) atoms. The van der Waals surface area contributed by atoms with Crippen LogP contribution in [0.3, 0.4) is 0 Å². The fraction of sp³-hybridized carbons (Fsp3) is 1.00. The molecule has 4 atom stereocenters. The van der Waals surface area contributed by atoms with E-state index in [1.54, 1.807) is 0 Å². The van der Waals surface area contributed by atoms with E-state index in [-0.39, 0.29) is 0 Å². The van der Waals surface area contributed by atoms with Gasteiger partial charge in [0.25, 0.3) is 0 Å². The summed E-state index contributed by atoms with van der Waals surface area (Å²) in [5.41, 5.74) is 0. The fourth-order valence-electron chi connectivity index (χ4n) is 3.92. The summed E-state index contributed by atoms with van der Waals surface area (Å²) in [6.07, 6.45) is 7.38. The van der Waals surface area contributed by atoms with Gasteiger partial charge in [-0.1, -0.05) is 6.42 Å². The molecular weight excluding hydrogens is 196 g/mol. The molecule has 3 fully saturated rings. The maximum absolute atomic E-state index is 3.76. The first-order chi connectivity index (χ1) is 7.75. The minimum atomic E-state index is 0.790. The van der Waals surface area contributed by atoms with E-state index < -0.39 is 0 Å². The molecule has 0 aromatic carbocycles. The van der Waals surface area contributed by atoms with Crippen LogP contribution in [0, 0.1) is 17.8 Å². The van der Waals surface area contributed by atoms with Gasteiger partial charge in [0, 0.05) is 18.6 Å². The quantitative estimate of drug-likeness (QED) is 0.783. The molecule has 0 aromatic heterocycles. The Hall–Kier alpha value is -0.0800. The maximum Gasteiger partial charge on any atom is 0.0226 e. The summed E-state index contributed by atoms with van der Waals surface area (Å²) in [5, 5.41) is 3.76. The molecule has 0 radical (unpaired) electrons. The van der Waals surface area contributed by atoms with Gasteiger partial charge in [-0.2, -0.15) is 0 Å². The van der Waals surface area contributed by atoms with Crippen molar-refractivity contribution in [2.45, 2.75) is 51.1 Å². The van der Waals surface area contributed by atoms with Crippen LogP contribution >= 0.6 is 0 Å². The summed E-state index contributed by atoms with van der Waals surface area (Å²) in [7, 11) is 2.33. The Bertz CT molecular complexity index is 249. The van der Waals surface area contributed by atoms with Gasteiger partial charge < -0.3 is 10.2 Å². The summed E-state index contributed by atoms with van der Waals surface area (Å²) in [4.78, 5) is 2.61. The van der Waals surface area contributed by atoms with E-state index >= 15 is 0 Å². The molecule has 0 aromatic rings. The Morgan fingerprint density at radius 2 is 2.06 bits per heavy atom. The largest absolute Gasteiger partial charge is 0.312 e. The van der Waals surface area contributed by atoms with E-state index in [2.05, 4.69) is 24.2 Å². The van der Waals surface area contributed by atoms with Crippen LogP contribution in [0.5, 0.6) is 0 Å². The first-order valence-corrected chi connectivity index (χ1v) is 7.19. The number of fused-ring (bicyclic) bond motifs is 1. The van der Waals surface area contributed by atoms with Crippen LogP contribution in [0.15, 0.2) is 0 Å². The lowest BCUT2D eigenvalue weighted by Crippen LogP contribution is -2.43. The average molecular weight is 222 g/mol. The molecule has 3 aliphatic rings. The highest BCUT2D eigenvalue weighted by molar-refractivity contribution is 4.96. The van der Waals surface area contributed by atoms with Gasteiger partial charge in [0.05, 0.1) is 0 Å². The Balaban J connectivity index is 1.53. The highest BCUT2D eigenvalue weighted by Gasteiger charge is 2.40. The van der Waals surface area contributed by atoms with Crippen molar-refractivity contribution in [3.63, 3.8) is 0 Å². The second-order valence-electron chi connectivity index (χ2n) is 6.39. The minimum absolute atomic E-state index is 0.790. The predicted molar refractivity (Wildman–Crippen MR) is 67.4 cm³/mol. The van der Waals surface area contributed by atoms with Gasteiger partial charge >= 0.3 is 0 Å². The molecule has 0 bridgehead atoms. The van der Waals surface area contributed by atoms with Crippen molar-refractivity contribution in [3.05, 3.63) is 0 Å². The summed E-state index contributed by atoms with van der Waals surface area (Å²) >= 11 is 0. The molecule has 3 rings (SSSR count). The van der Waals surface area contributed by atoms with Gasteiger partial charge in [-0.05, 0) is 64.0 Å². The van der Waals surface area contributed by atoms with E-state index in [4.69, 9.17) is 0 Å². The van der Waals surface area contributed by atoms with Gasteiger partial charge in [-0.3, -0.25) is 0 Å². The molecule has 4 unspecified atom stereocenters. The molecule has 2 heteroatoms. The van der Waals surface area contributed by atoms with Gasteiger partial charge in [-0.25, -0.2) is 0 Å². The van der Waals surface area contributed by atoms with Crippen LogP contribution in [-0.2, 0) is 0 Å². The van der Waals surface area contributed by atoms with Gasteiger partial charge in [0.15, 0.2) is 0 Å². The molecule has 2 saturated carbocycles. The smallest absolute Gasteiger partial charge is 0.0226 e. The molecule has 2 aliphatic carbocycles. The van der Waals surface area contributed by atoms with Crippen LogP contribution in [0.4, 0.5) is 0 Å². The first-order valence-electron chi connectivity index (χ1n) is 7.19. The zero-order valence-corrected chi connectivity index (χ0v) is 10.8. The van der Waals surface area contributed by atoms with E-state index in [9.17, 15) is 0 Å². The normalized spacial score (nSPS) is 40.3. The summed E-state index contributed by atoms with van der Waals surface area (Å²) in [5.74, 6) is 3.01. The Labute approximate surface area is 99.8 Å². The van der Waals surface area contributed by atoms with Crippen molar-refractivity contribution in [2.24, 2.45) is 17.8 Å². The first kappa shape index (κ1) is 11.0. The third-order valence-electron chi connectivity index (χ3n) is 5.36. The van der Waals surface area contributed by atoms with E-state index in [1.165, 1.54) is 45.2 Å². The van der Waals surface area contributed by atoms with Crippen molar-refractivity contribution in [1.29, 1.82) is 0 Å². The number of rotatable bonds is 4. The summed E-state index contributed by atoms with van der Waals surface area (Å²) in [6, 6.07) is 1.60. The third-order valence-corrected chi connectivity index (χ3v) is 5.36. The van der Waals surface area contributed by atoms with Crippen molar-refractivity contribution < 1.29 is 0 Å². The topological polar surface area (TPSA) is 15.3 Å². The molecule has 0 spiro atoms. The third kappa shape index (κ3) is 2.02. The molecule has 1 aliphatic heterocycles. The molecule has 1 heterocycles. The molecule has 2 nitrogen and oxygen atoms in total. The molecule has 1 saturated heterocycles. The van der Waals surface area contributed by atoms with Crippen LogP contribution in [0.25, 0.3) is 0 Å². The lowest BCUT2D eigenvalue weighted by Gasteiger charge is -2.29. The zero-order valence-electron chi connectivity index (χ0n) is 10.8. The minimum Gasteiger partial charge on any atom is -0.312 e. The molecule has 92 valence electrons. The highest BCUT2D eigenvalue weighted by Crippen LogP contribution is 2.39. The summed E-state index contributed by atoms with van der Waals surface area (Å²) < 4.78 is 0. The van der Waals surface area contributed by atoms with Crippen molar-refractivity contribution in [2.75, 3.05) is 20.1 Å². The number of nitrogens with zero attached hydrogens (tertiary/aromatic N) is 1. The molecule has 0 amide bonds. The van der Waals surface area contributed by atoms with Gasteiger partial charge in [0.2, 0.25) is 0 Å². The van der Waals surface area contributed by atoms with Crippen LogP contribution in [-0.4, -0.2) is 37.1 Å². The SMILES string of the molecule is CC(C1CC1)N(C)CC1NCC2CCCC21. The van der Waals surface area contributed by atoms with E-state index in [1.807, 2.05) is 0 Å². The fourth-order valence-corrected chi connectivity index (χ4v) is 3.92.